The van der Waals surface area contributed by atoms with Crippen LogP contribution in [-0.2, 0) is 4.79 Å². The van der Waals surface area contributed by atoms with E-state index in [1.54, 1.807) is 13.0 Å². The summed E-state index contributed by atoms with van der Waals surface area (Å²) in [6.45, 7) is 3.77. The summed E-state index contributed by atoms with van der Waals surface area (Å²) in [6, 6.07) is 5.86. The summed E-state index contributed by atoms with van der Waals surface area (Å²) < 4.78 is 0. The molecule has 2 rings (SSSR count). The van der Waals surface area contributed by atoms with Gasteiger partial charge < -0.3 is 11.1 Å². The predicted octanol–water partition coefficient (Wildman–Crippen LogP) is 2.48. The first-order valence-electron chi connectivity index (χ1n) is 6.08. The minimum Gasteiger partial charge on any atom is -0.397 e. The summed E-state index contributed by atoms with van der Waals surface area (Å²) in [6.07, 6.45) is 3.14. The molecular weight excluding hydrogens is 238 g/mol. The summed E-state index contributed by atoms with van der Waals surface area (Å²) in [4.78, 5) is 15.9. The lowest BCUT2D eigenvalue weighted by Crippen LogP contribution is -2.17. The van der Waals surface area contributed by atoms with E-state index in [2.05, 4.69) is 10.3 Å². The van der Waals surface area contributed by atoms with Crippen LogP contribution in [0.5, 0.6) is 0 Å². The second kappa shape index (κ2) is 5.10. The van der Waals surface area contributed by atoms with Crippen LogP contribution in [0.1, 0.15) is 12.5 Å². The van der Waals surface area contributed by atoms with Gasteiger partial charge in [-0.15, -0.1) is 0 Å². The molecule has 1 aromatic rings. The molecule has 0 saturated heterocycles. The lowest BCUT2D eigenvalue weighted by Gasteiger charge is -2.10. The van der Waals surface area contributed by atoms with E-state index in [4.69, 9.17) is 5.73 Å². The van der Waals surface area contributed by atoms with Crippen molar-refractivity contribution in [2.75, 3.05) is 12.4 Å². The molecule has 0 amide bonds. The third-order valence-electron chi connectivity index (χ3n) is 3.05. The Kier molecular flexibility index (Phi) is 3.51. The smallest absolute Gasteiger partial charge is 0.183 e. The van der Waals surface area contributed by atoms with E-state index in [1.807, 2.05) is 32.2 Å². The summed E-state index contributed by atoms with van der Waals surface area (Å²) in [5.74, 6) is -0.0573. The van der Waals surface area contributed by atoms with Crippen molar-refractivity contribution in [3.05, 3.63) is 47.2 Å². The second-order valence-corrected chi connectivity index (χ2v) is 4.54. The minimum atomic E-state index is -0.0573. The van der Waals surface area contributed by atoms with Crippen molar-refractivity contribution in [3.8, 4) is 0 Å². The number of nitrogens with two attached hydrogens (primary N) is 1. The molecule has 1 aliphatic carbocycles. The number of nitrogens with zero attached hydrogens (tertiary/aromatic N) is 1. The third-order valence-corrected chi connectivity index (χ3v) is 3.05. The fourth-order valence-electron chi connectivity index (χ4n) is 1.92. The van der Waals surface area contributed by atoms with Gasteiger partial charge in [-0.3, -0.25) is 4.79 Å². The van der Waals surface area contributed by atoms with Crippen LogP contribution in [0.4, 0.5) is 11.4 Å². The number of hydrogen-bond acceptors (Lipinski definition) is 4. The number of ketones is 1. The summed E-state index contributed by atoms with van der Waals surface area (Å²) >= 11 is 0. The Morgan fingerprint density at radius 2 is 1.95 bits per heavy atom. The van der Waals surface area contributed by atoms with Crippen molar-refractivity contribution in [3.63, 3.8) is 0 Å². The molecule has 0 heterocycles. The maximum Gasteiger partial charge on any atom is 0.183 e. The van der Waals surface area contributed by atoms with E-state index in [-0.39, 0.29) is 5.78 Å². The molecule has 4 heteroatoms. The van der Waals surface area contributed by atoms with Gasteiger partial charge in [0.25, 0.3) is 0 Å². The van der Waals surface area contributed by atoms with Gasteiger partial charge in [0.2, 0.25) is 0 Å². The number of benzene rings is 1. The number of allylic oxidation sites excluding steroid dienone is 3. The Bertz CT molecular complexity index is 624. The molecule has 0 saturated carbocycles. The molecular formula is C15H17N3O. The first kappa shape index (κ1) is 13.1. The van der Waals surface area contributed by atoms with Crippen molar-refractivity contribution < 1.29 is 4.79 Å². The lowest BCUT2D eigenvalue weighted by atomic mass is 10.0. The van der Waals surface area contributed by atoms with Crippen LogP contribution in [-0.4, -0.2) is 18.5 Å². The molecule has 0 atom stereocenters. The van der Waals surface area contributed by atoms with Crippen molar-refractivity contribution in [2.45, 2.75) is 13.8 Å². The third kappa shape index (κ3) is 2.73. The van der Waals surface area contributed by atoms with Gasteiger partial charge >= 0.3 is 0 Å². The summed E-state index contributed by atoms with van der Waals surface area (Å²) in [5, 5.41) is 3.11. The zero-order valence-corrected chi connectivity index (χ0v) is 11.3. The van der Waals surface area contributed by atoms with Gasteiger partial charge in [-0.25, -0.2) is 4.99 Å². The topological polar surface area (TPSA) is 67.5 Å². The fraction of sp³-hybridized carbons (Fsp3) is 0.200. The van der Waals surface area contributed by atoms with Gasteiger partial charge in [-0.05, 0) is 49.3 Å². The number of carbonyl (C=O) groups is 1. The standard InChI is InChI=1S/C15H17N3O/c1-9-6-11(4-5-13(9)17-3)18-14-7-10(2)15(19)8-12(14)16/h4-8,17H,16H2,1-3H3. The van der Waals surface area contributed by atoms with Gasteiger partial charge in [0.05, 0.1) is 17.1 Å². The van der Waals surface area contributed by atoms with Gasteiger partial charge in [-0.2, -0.15) is 0 Å². The Labute approximate surface area is 112 Å². The molecule has 98 valence electrons. The van der Waals surface area contributed by atoms with Gasteiger partial charge in [0.15, 0.2) is 5.78 Å². The van der Waals surface area contributed by atoms with E-state index in [0.29, 0.717) is 17.0 Å². The Hall–Kier alpha value is -2.36. The zero-order chi connectivity index (χ0) is 14.0. The number of aliphatic imine (C=N–C) groups is 1. The van der Waals surface area contributed by atoms with Gasteiger partial charge in [-0.1, -0.05) is 0 Å². The summed E-state index contributed by atoms with van der Waals surface area (Å²) in [7, 11) is 1.88. The van der Waals surface area contributed by atoms with Gasteiger partial charge in [0, 0.05) is 18.8 Å². The molecule has 0 aliphatic heterocycles. The summed E-state index contributed by atoms with van der Waals surface area (Å²) in [5.41, 5.74) is 10.5. The Morgan fingerprint density at radius 1 is 1.21 bits per heavy atom. The number of hydrogen-bond donors (Lipinski definition) is 2. The van der Waals surface area contributed by atoms with Crippen molar-refractivity contribution in [1.82, 2.24) is 0 Å². The number of rotatable bonds is 2. The highest BCUT2D eigenvalue weighted by Crippen LogP contribution is 2.22. The number of nitrogens with one attached hydrogen (secondary N) is 1. The lowest BCUT2D eigenvalue weighted by molar-refractivity contribution is -0.111. The van der Waals surface area contributed by atoms with E-state index < -0.39 is 0 Å². The highest BCUT2D eigenvalue weighted by atomic mass is 16.1. The fourth-order valence-corrected chi connectivity index (χ4v) is 1.92. The molecule has 1 aromatic carbocycles. The van der Waals surface area contributed by atoms with Crippen LogP contribution in [0.15, 0.2) is 46.6 Å². The maximum absolute atomic E-state index is 11.5. The highest BCUT2D eigenvalue weighted by molar-refractivity contribution is 6.21. The molecule has 4 nitrogen and oxygen atoms in total. The van der Waals surface area contributed by atoms with Crippen LogP contribution in [0.25, 0.3) is 0 Å². The maximum atomic E-state index is 11.5. The number of anilines is 1. The van der Waals surface area contributed by atoms with Crippen LogP contribution in [0, 0.1) is 6.92 Å². The van der Waals surface area contributed by atoms with Crippen molar-refractivity contribution >= 4 is 22.9 Å². The van der Waals surface area contributed by atoms with E-state index in [0.717, 1.165) is 16.9 Å². The monoisotopic (exact) mass is 255 g/mol. The van der Waals surface area contributed by atoms with Crippen molar-refractivity contribution in [1.29, 1.82) is 0 Å². The molecule has 1 aliphatic rings. The van der Waals surface area contributed by atoms with Crippen LogP contribution < -0.4 is 11.1 Å². The molecule has 0 unspecified atom stereocenters. The van der Waals surface area contributed by atoms with E-state index >= 15 is 0 Å². The highest BCUT2D eigenvalue weighted by Gasteiger charge is 2.13. The Morgan fingerprint density at radius 3 is 2.58 bits per heavy atom. The predicted molar refractivity (Wildman–Crippen MR) is 78.9 cm³/mol. The molecule has 3 N–H and O–H groups in total. The van der Waals surface area contributed by atoms with E-state index in [9.17, 15) is 4.79 Å². The molecule has 0 aromatic heterocycles. The average molecular weight is 255 g/mol. The largest absolute Gasteiger partial charge is 0.397 e. The average Bonchev–Trinajstić information content (AvgIpc) is 2.36. The number of carbonyl (C=O) groups excluding carboxylic acids is 1. The molecule has 19 heavy (non-hydrogen) atoms. The quantitative estimate of drug-likeness (QED) is 0.798. The van der Waals surface area contributed by atoms with Crippen LogP contribution in [0.3, 0.4) is 0 Å². The molecule has 0 bridgehead atoms. The SMILES string of the molecule is CNc1ccc(N=C2C=C(C)C(=O)C=C2N)cc1C. The normalized spacial score (nSPS) is 17.2. The van der Waals surface area contributed by atoms with Crippen LogP contribution in [0.2, 0.25) is 0 Å². The second-order valence-electron chi connectivity index (χ2n) is 4.54. The first-order chi connectivity index (χ1) is 9.01. The molecule has 0 spiro atoms. The molecule has 0 radical (unpaired) electrons. The number of aryl methyl sites for hydroxylation is 1. The first-order valence-corrected chi connectivity index (χ1v) is 6.08. The van der Waals surface area contributed by atoms with Gasteiger partial charge in [0.1, 0.15) is 0 Å². The minimum absolute atomic E-state index is 0.0573. The van der Waals surface area contributed by atoms with Crippen LogP contribution >= 0.6 is 0 Å². The zero-order valence-electron chi connectivity index (χ0n) is 11.3. The Balaban J connectivity index is 2.39. The molecule has 0 fully saturated rings. The van der Waals surface area contributed by atoms with E-state index in [1.165, 1.54) is 6.08 Å². The van der Waals surface area contributed by atoms with Crippen molar-refractivity contribution in [2.24, 2.45) is 10.7 Å².